The van der Waals surface area contributed by atoms with Crippen molar-refractivity contribution in [3.8, 4) is 5.69 Å². The molecule has 2 aromatic carbocycles. The Balaban J connectivity index is 1.46. The van der Waals surface area contributed by atoms with E-state index in [9.17, 15) is 14.4 Å². The Hall–Kier alpha value is -3.32. The van der Waals surface area contributed by atoms with Crippen LogP contribution in [0.4, 0.5) is 0 Å². The Morgan fingerprint density at radius 1 is 1.20 bits per heavy atom. The molecule has 0 saturated carbocycles. The van der Waals surface area contributed by atoms with Crippen LogP contribution in [0.2, 0.25) is 0 Å². The van der Waals surface area contributed by atoms with Gasteiger partial charge in [-0.3, -0.25) is 18.7 Å². The first-order chi connectivity index (χ1) is 19.4. The summed E-state index contributed by atoms with van der Waals surface area (Å²) in [7, 11) is 0. The smallest absolute Gasteiger partial charge is 0.338 e. The molecule has 1 fully saturated rings. The number of nitrogens with zero attached hydrogens (tertiary/aromatic N) is 3. The lowest BCUT2D eigenvalue weighted by atomic mass is 10.2. The van der Waals surface area contributed by atoms with Gasteiger partial charge in [-0.15, -0.1) is 0 Å². The summed E-state index contributed by atoms with van der Waals surface area (Å²) in [6.07, 6.45) is 1.71. The summed E-state index contributed by atoms with van der Waals surface area (Å²) in [5.41, 5.74) is 2.29. The first kappa shape index (κ1) is 28.2. The Morgan fingerprint density at radius 2 is 1.98 bits per heavy atom. The Morgan fingerprint density at radius 3 is 2.67 bits per heavy atom. The summed E-state index contributed by atoms with van der Waals surface area (Å²) in [5.74, 6) is -0.481. The number of rotatable bonds is 10. The number of amides is 1. The van der Waals surface area contributed by atoms with Crippen LogP contribution in [0.15, 0.2) is 64.5 Å². The van der Waals surface area contributed by atoms with Crippen molar-refractivity contribution < 1.29 is 19.1 Å². The van der Waals surface area contributed by atoms with Gasteiger partial charge in [-0.25, -0.2) is 9.78 Å². The lowest BCUT2D eigenvalue weighted by molar-refractivity contribution is -0.118. The number of benzene rings is 2. The molecule has 1 N–H and O–H groups in total. The monoisotopic (exact) mass is 596 g/mol. The third-order valence-corrected chi connectivity index (χ3v) is 8.70. The molecule has 1 aliphatic rings. The Kier molecular flexibility index (Phi) is 9.10. The van der Waals surface area contributed by atoms with E-state index in [0.29, 0.717) is 50.4 Å². The molecule has 3 heterocycles. The minimum absolute atomic E-state index is 0.0892. The van der Waals surface area contributed by atoms with E-state index in [2.05, 4.69) is 5.32 Å². The average molecular weight is 597 g/mol. The second-order valence-corrected chi connectivity index (χ2v) is 11.7. The second kappa shape index (κ2) is 12.9. The standard InChI is InChI=1S/C28H28N4O5S3/c1-2-36-26(35)19-10-12-20(13-11-19)32-24-23(40-28(32)38)25(34)31(16-21-9-6-14-37-21)27(30-24)39-17-22(33)29-15-18-7-4-3-5-8-18/h3-5,7-8,10-13,21H,2,6,9,14-17H2,1H3,(H,29,33). The van der Waals surface area contributed by atoms with Crippen LogP contribution in [0.5, 0.6) is 0 Å². The number of hydrogen-bond acceptors (Lipinski definition) is 9. The van der Waals surface area contributed by atoms with E-state index >= 15 is 0 Å². The normalized spacial score (nSPS) is 14.9. The van der Waals surface area contributed by atoms with E-state index in [1.54, 1.807) is 40.3 Å². The summed E-state index contributed by atoms with van der Waals surface area (Å²) in [6, 6.07) is 16.5. The van der Waals surface area contributed by atoms with E-state index in [1.165, 1.54) is 23.1 Å². The highest BCUT2D eigenvalue weighted by Crippen LogP contribution is 2.27. The van der Waals surface area contributed by atoms with Gasteiger partial charge in [0.15, 0.2) is 14.8 Å². The number of carbonyl (C=O) groups is 2. The van der Waals surface area contributed by atoms with Crippen LogP contribution in [-0.4, -0.2) is 51.1 Å². The first-order valence-electron chi connectivity index (χ1n) is 12.9. The number of nitrogens with one attached hydrogen (secondary N) is 1. The van der Waals surface area contributed by atoms with Crippen molar-refractivity contribution in [1.29, 1.82) is 0 Å². The molecular formula is C28H28N4O5S3. The zero-order valence-electron chi connectivity index (χ0n) is 21.8. The van der Waals surface area contributed by atoms with Gasteiger partial charge in [0.2, 0.25) is 5.91 Å². The van der Waals surface area contributed by atoms with Crippen molar-refractivity contribution >= 4 is 57.5 Å². The number of aromatic nitrogens is 3. The highest BCUT2D eigenvalue weighted by Gasteiger charge is 2.23. The largest absolute Gasteiger partial charge is 0.462 e. The molecule has 1 aliphatic heterocycles. The molecule has 0 spiro atoms. The molecule has 1 saturated heterocycles. The van der Waals surface area contributed by atoms with Gasteiger partial charge < -0.3 is 14.8 Å². The van der Waals surface area contributed by atoms with Crippen molar-refractivity contribution in [2.75, 3.05) is 19.0 Å². The fraction of sp³-hybridized carbons (Fsp3) is 0.321. The molecule has 1 amide bonds. The maximum atomic E-state index is 13.7. The molecular weight excluding hydrogens is 569 g/mol. The fourth-order valence-electron chi connectivity index (χ4n) is 4.40. The molecule has 2 aromatic heterocycles. The summed E-state index contributed by atoms with van der Waals surface area (Å²) < 4.78 is 15.1. The summed E-state index contributed by atoms with van der Waals surface area (Å²) in [6.45, 7) is 3.47. The summed E-state index contributed by atoms with van der Waals surface area (Å²) in [5, 5.41) is 3.34. The van der Waals surface area contributed by atoms with Crippen LogP contribution in [0, 0.1) is 3.95 Å². The van der Waals surface area contributed by atoms with Gasteiger partial charge in [0.25, 0.3) is 5.56 Å². The maximum absolute atomic E-state index is 13.7. The molecule has 40 heavy (non-hydrogen) atoms. The summed E-state index contributed by atoms with van der Waals surface area (Å²) in [4.78, 5) is 43.4. The van der Waals surface area contributed by atoms with E-state index in [1.807, 2.05) is 30.3 Å². The van der Waals surface area contributed by atoms with Crippen LogP contribution in [0.1, 0.15) is 35.7 Å². The number of fused-ring (bicyclic) bond motifs is 1. The molecule has 1 atom stereocenters. The van der Waals surface area contributed by atoms with Gasteiger partial charge in [-0.05, 0) is 61.8 Å². The van der Waals surface area contributed by atoms with Gasteiger partial charge in [0.1, 0.15) is 4.70 Å². The van der Waals surface area contributed by atoms with E-state index in [0.717, 1.165) is 18.4 Å². The molecule has 0 bridgehead atoms. The molecule has 0 aliphatic carbocycles. The number of thioether (sulfide) groups is 1. The Labute approximate surface area is 244 Å². The molecule has 1 unspecified atom stereocenters. The van der Waals surface area contributed by atoms with Gasteiger partial charge in [0.05, 0.1) is 30.6 Å². The highest BCUT2D eigenvalue weighted by molar-refractivity contribution is 7.99. The number of hydrogen-bond donors (Lipinski definition) is 1. The first-order valence-corrected chi connectivity index (χ1v) is 15.1. The summed E-state index contributed by atoms with van der Waals surface area (Å²) >= 11 is 8.04. The number of carbonyl (C=O) groups excluding carboxylic acids is 2. The lowest BCUT2D eigenvalue weighted by Gasteiger charge is -2.16. The van der Waals surface area contributed by atoms with Crippen molar-refractivity contribution in [3.63, 3.8) is 0 Å². The Bertz CT molecular complexity index is 1620. The SMILES string of the molecule is CCOC(=O)c1ccc(-n2c(=S)sc3c(=O)n(CC4CCCO4)c(SCC(=O)NCc4ccccc4)nc32)cc1. The van der Waals surface area contributed by atoms with E-state index in [-0.39, 0.29) is 29.9 Å². The molecule has 5 rings (SSSR count). The van der Waals surface area contributed by atoms with Crippen LogP contribution >= 0.6 is 35.3 Å². The van der Waals surface area contributed by atoms with Crippen molar-refractivity contribution in [3.05, 3.63) is 80.0 Å². The third-order valence-electron chi connectivity index (χ3n) is 6.37. The zero-order valence-corrected chi connectivity index (χ0v) is 24.3. The fourth-order valence-corrected chi connectivity index (χ4v) is 6.55. The van der Waals surface area contributed by atoms with E-state index in [4.69, 9.17) is 26.7 Å². The van der Waals surface area contributed by atoms with Crippen molar-refractivity contribution in [2.45, 2.75) is 44.1 Å². The number of thiazole rings is 1. The van der Waals surface area contributed by atoms with Gasteiger partial charge in [-0.1, -0.05) is 53.4 Å². The predicted octanol–water partition coefficient (Wildman–Crippen LogP) is 4.74. The maximum Gasteiger partial charge on any atom is 0.338 e. The van der Waals surface area contributed by atoms with E-state index < -0.39 is 5.97 Å². The topological polar surface area (TPSA) is 104 Å². The molecule has 12 heteroatoms. The van der Waals surface area contributed by atoms with Crippen molar-refractivity contribution in [2.24, 2.45) is 0 Å². The molecule has 9 nitrogen and oxygen atoms in total. The van der Waals surface area contributed by atoms with Gasteiger partial charge in [-0.2, -0.15) is 0 Å². The van der Waals surface area contributed by atoms with Crippen molar-refractivity contribution in [1.82, 2.24) is 19.4 Å². The number of ether oxygens (including phenoxy) is 2. The molecule has 4 aromatic rings. The number of esters is 1. The minimum Gasteiger partial charge on any atom is -0.462 e. The van der Waals surface area contributed by atoms with Crippen LogP contribution in [0.25, 0.3) is 16.0 Å². The molecule has 0 radical (unpaired) electrons. The predicted molar refractivity (Wildman–Crippen MR) is 158 cm³/mol. The van der Waals surface area contributed by atoms with Gasteiger partial charge >= 0.3 is 5.97 Å². The quantitative estimate of drug-likeness (QED) is 0.121. The van der Waals surface area contributed by atoms with Crippen LogP contribution < -0.4 is 10.9 Å². The average Bonchev–Trinajstić information content (AvgIpc) is 3.60. The molecule has 208 valence electrons. The highest BCUT2D eigenvalue weighted by atomic mass is 32.2. The lowest BCUT2D eigenvalue weighted by Crippen LogP contribution is -2.29. The minimum atomic E-state index is -0.410. The second-order valence-electron chi connectivity index (χ2n) is 9.12. The van der Waals surface area contributed by atoms with Gasteiger partial charge in [0, 0.05) is 18.8 Å². The third kappa shape index (κ3) is 6.35. The van der Waals surface area contributed by atoms with Crippen LogP contribution in [0.3, 0.4) is 0 Å². The zero-order chi connectivity index (χ0) is 28.1. The van der Waals surface area contributed by atoms with Crippen LogP contribution in [-0.2, 0) is 27.4 Å².